The maximum absolute atomic E-state index is 13.5. The minimum absolute atomic E-state index is 0.125. The van der Waals surface area contributed by atoms with Crippen molar-refractivity contribution in [3.05, 3.63) is 95.1 Å². The zero-order valence-electron chi connectivity index (χ0n) is 20.6. The lowest BCUT2D eigenvalue weighted by molar-refractivity contribution is -0.128. The van der Waals surface area contributed by atoms with Gasteiger partial charge in [-0.05, 0) is 66.8 Å². The van der Waals surface area contributed by atoms with Crippen LogP contribution in [0.3, 0.4) is 0 Å². The number of rotatable bonds is 9. The van der Waals surface area contributed by atoms with Crippen molar-refractivity contribution in [1.82, 2.24) is 10.2 Å². The summed E-state index contributed by atoms with van der Waals surface area (Å²) in [4.78, 5) is 26.9. The molecule has 0 aliphatic carbocycles. The van der Waals surface area contributed by atoms with Crippen LogP contribution < -0.4 is 9.62 Å². The highest BCUT2D eigenvalue weighted by Crippen LogP contribution is 2.25. The molecule has 1 heterocycles. The molecule has 36 heavy (non-hydrogen) atoms. The fourth-order valence-corrected chi connectivity index (χ4v) is 5.67. The van der Waals surface area contributed by atoms with E-state index in [0.29, 0.717) is 18.7 Å². The van der Waals surface area contributed by atoms with E-state index in [1.807, 2.05) is 49.1 Å². The lowest BCUT2D eigenvalue weighted by Gasteiger charge is -2.25. The summed E-state index contributed by atoms with van der Waals surface area (Å²) >= 11 is 0. The van der Waals surface area contributed by atoms with Gasteiger partial charge in [-0.2, -0.15) is 0 Å². The Balaban J connectivity index is 1.49. The Morgan fingerprint density at radius 1 is 0.944 bits per heavy atom. The minimum Gasteiger partial charge on any atom is -0.350 e. The molecule has 0 radical (unpaired) electrons. The first kappa shape index (κ1) is 25.4. The quantitative estimate of drug-likeness (QED) is 0.477. The van der Waals surface area contributed by atoms with E-state index in [0.717, 1.165) is 39.5 Å². The molecule has 3 aromatic carbocycles. The number of carbonyl (C=O) groups is 2. The SMILES string of the molecule is Cc1ccc(N(CC(=O)NCc2cccc(CN3CCCC3=O)c2)S(=O)(=O)c2ccccc2)cc1C. The van der Waals surface area contributed by atoms with Gasteiger partial charge in [0.1, 0.15) is 6.54 Å². The predicted octanol–water partition coefficient (Wildman–Crippen LogP) is 3.94. The Morgan fingerprint density at radius 2 is 1.69 bits per heavy atom. The zero-order valence-corrected chi connectivity index (χ0v) is 21.4. The Kier molecular flexibility index (Phi) is 7.74. The van der Waals surface area contributed by atoms with Crippen LogP contribution in [0.25, 0.3) is 0 Å². The molecule has 0 spiro atoms. The van der Waals surface area contributed by atoms with E-state index in [2.05, 4.69) is 5.32 Å². The molecule has 1 aliphatic heterocycles. The molecule has 0 saturated carbocycles. The van der Waals surface area contributed by atoms with Gasteiger partial charge in [-0.1, -0.05) is 48.5 Å². The van der Waals surface area contributed by atoms with Gasteiger partial charge in [-0.15, -0.1) is 0 Å². The number of nitrogens with one attached hydrogen (secondary N) is 1. The van der Waals surface area contributed by atoms with Crippen LogP contribution in [0, 0.1) is 13.8 Å². The lowest BCUT2D eigenvalue weighted by atomic mass is 10.1. The Hall–Kier alpha value is -3.65. The number of sulfonamides is 1. The smallest absolute Gasteiger partial charge is 0.264 e. The molecule has 1 saturated heterocycles. The first-order valence-corrected chi connectivity index (χ1v) is 13.5. The molecule has 1 aliphatic rings. The number of amides is 2. The molecule has 1 fully saturated rings. The van der Waals surface area contributed by atoms with Gasteiger partial charge in [0.25, 0.3) is 10.0 Å². The summed E-state index contributed by atoms with van der Waals surface area (Å²) < 4.78 is 28.1. The highest BCUT2D eigenvalue weighted by molar-refractivity contribution is 7.92. The minimum atomic E-state index is -3.95. The van der Waals surface area contributed by atoms with E-state index in [-0.39, 0.29) is 23.9 Å². The normalized spacial score (nSPS) is 13.6. The van der Waals surface area contributed by atoms with Crippen LogP contribution in [0.4, 0.5) is 5.69 Å². The first-order chi connectivity index (χ1) is 17.2. The van der Waals surface area contributed by atoms with Crippen molar-refractivity contribution in [2.75, 3.05) is 17.4 Å². The maximum Gasteiger partial charge on any atom is 0.264 e. The fourth-order valence-electron chi connectivity index (χ4n) is 4.23. The second kappa shape index (κ2) is 11.0. The van der Waals surface area contributed by atoms with Crippen LogP contribution in [-0.2, 0) is 32.7 Å². The van der Waals surface area contributed by atoms with Gasteiger partial charge in [-0.3, -0.25) is 13.9 Å². The van der Waals surface area contributed by atoms with Gasteiger partial charge in [-0.25, -0.2) is 8.42 Å². The molecule has 7 nitrogen and oxygen atoms in total. The molecule has 0 atom stereocenters. The van der Waals surface area contributed by atoms with Gasteiger partial charge < -0.3 is 10.2 Å². The lowest BCUT2D eigenvalue weighted by Crippen LogP contribution is -2.40. The standard InChI is InChI=1S/C28H31N3O4S/c1-21-13-14-25(16-22(21)2)31(36(34,35)26-10-4-3-5-11-26)20-27(32)29-18-23-8-6-9-24(17-23)19-30-15-7-12-28(30)33/h3-6,8-11,13-14,16-17H,7,12,15,18-20H2,1-2H3,(H,29,32). The maximum atomic E-state index is 13.5. The fraction of sp³-hybridized carbons (Fsp3) is 0.286. The third-order valence-corrected chi connectivity index (χ3v) is 8.21. The molecule has 4 rings (SSSR count). The van der Waals surface area contributed by atoms with Gasteiger partial charge >= 0.3 is 0 Å². The van der Waals surface area contributed by atoms with Crippen molar-refractivity contribution in [1.29, 1.82) is 0 Å². The molecular formula is C28H31N3O4S. The third-order valence-electron chi connectivity index (χ3n) is 6.42. The third kappa shape index (κ3) is 5.94. The number of hydrogen-bond donors (Lipinski definition) is 1. The number of nitrogens with zero attached hydrogens (tertiary/aromatic N) is 2. The second-order valence-electron chi connectivity index (χ2n) is 9.11. The Morgan fingerprint density at radius 3 is 2.39 bits per heavy atom. The van der Waals surface area contributed by atoms with Crippen LogP contribution >= 0.6 is 0 Å². The summed E-state index contributed by atoms with van der Waals surface area (Å²) in [7, 11) is -3.95. The number of anilines is 1. The highest BCUT2D eigenvalue weighted by Gasteiger charge is 2.27. The van der Waals surface area contributed by atoms with E-state index in [9.17, 15) is 18.0 Å². The van der Waals surface area contributed by atoms with Crippen molar-refractivity contribution in [2.45, 2.75) is 44.7 Å². The molecule has 2 amide bonds. The van der Waals surface area contributed by atoms with Crippen LogP contribution in [0.2, 0.25) is 0 Å². The van der Waals surface area contributed by atoms with Gasteiger partial charge in [0.2, 0.25) is 11.8 Å². The topological polar surface area (TPSA) is 86.8 Å². The molecule has 3 aromatic rings. The largest absolute Gasteiger partial charge is 0.350 e. The van der Waals surface area contributed by atoms with E-state index >= 15 is 0 Å². The average Bonchev–Trinajstić information content (AvgIpc) is 3.27. The molecule has 188 valence electrons. The molecule has 1 N–H and O–H groups in total. The second-order valence-corrected chi connectivity index (χ2v) is 11.0. The number of benzene rings is 3. The molecule has 0 aromatic heterocycles. The van der Waals surface area contributed by atoms with E-state index in [4.69, 9.17) is 0 Å². The van der Waals surface area contributed by atoms with Gasteiger partial charge in [0.15, 0.2) is 0 Å². The first-order valence-electron chi connectivity index (χ1n) is 12.0. The summed E-state index contributed by atoms with van der Waals surface area (Å²) in [6, 6.07) is 21.2. The number of hydrogen-bond acceptors (Lipinski definition) is 4. The van der Waals surface area contributed by atoms with Crippen molar-refractivity contribution in [2.24, 2.45) is 0 Å². The molecule has 0 unspecified atom stereocenters. The van der Waals surface area contributed by atoms with Crippen molar-refractivity contribution in [3.8, 4) is 0 Å². The number of likely N-dealkylation sites (tertiary alicyclic amines) is 1. The van der Waals surface area contributed by atoms with E-state index < -0.39 is 15.9 Å². The highest BCUT2D eigenvalue weighted by atomic mass is 32.2. The summed E-state index contributed by atoms with van der Waals surface area (Å²) in [5.41, 5.74) is 4.30. The zero-order chi connectivity index (χ0) is 25.7. The number of carbonyl (C=O) groups excluding carboxylic acids is 2. The predicted molar refractivity (Wildman–Crippen MR) is 140 cm³/mol. The summed E-state index contributed by atoms with van der Waals surface area (Å²) in [5.74, 6) is -0.243. The van der Waals surface area contributed by atoms with Crippen LogP contribution in [0.5, 0.6) is 0 Å². The molecule has 0 bridgehead atoms. The Labute approximate surface area is 212 Å². The van der Waals surface area contributed by atoms with Crippen LogP contribution in [-0.4, -0.2) is 38.2 Å². The van der Waals surface area contributed by atoms with Crippen LogP contribution in [0.1, 0.15) is 35.1 Å². The monoisotopic (exact) mass is 505 g/mol. The van der Waals surface area contributed by atoms with Crippen LogP contribution in [0.15, 0.2) is 77.7 Å². The van der Waals surface area contributed by atoms with Crippen molar-refractivity contribution >= 4 is 27.5 Å². The summed E-state index contributed by atoms with van der Waals surface area (Å²) in [6.07, 6.45) is 1.48. The Bertz CT molecular complexity index is 1360. The van der Waals surface area contributed by atoms with Gasteiger partial charge in [0, 0.05) is 26.1 Å². The van der Waals surface area contributed by atoms with E-state index in [1.165, 1.54) is 12.1 Å². The van der Waals surface area contributed by atoms with E-state index in [1.54, 1.807) is 30.3 Å². The number of aryl methyl sites for hydroxylation is 2. The van der Waals surface area contributed by atoms with Crippen molar-refractivity contribution in [3.63, 3.8) is 0 Å². The van der Waals surface area contributed by atoms with Crippen molar-refractivity contribution < 1.29 is 18.0 Å². The van der Waals surface area contributed by atoms with Gasteiger partial charge in [0.05, 0.1) is 10.6 Å². The molecule has 8 heteroatoms. The molecular weight excluding hydrogens is 474 g/mol. The summed E-state index contributed by atoms with van der Waals surface area (Å²) in [6.45, 7) is 5.10. The average molecular weight is 506 g/mol. The summed E-state index contributed by atoms with van der Waals surface area (Å²) in [5, 5.41) is 2.85.